The van der Waals surface area contributed by atoms with Crippen LogP contribution in [-0.2, 0) is 5.41 Å². The molecule has 98 valence electrons. The lowest BCUT2D eigenvalue weighted by Crippen LogP contribution is -2.29. The molecule has 0 aliphatic carbocycles. The number of aromatic nitrogens is 1. The largest absolute Gasteiger partial charge is 0.397 e. The first kappa shape index (κ1) is 13.7. The maximum Gasteiger partial charge on any atom is 0.191 e. The van der Waals surface area contributed by atoms with Gasteiger partial charge in [0, 0.05) is 4.47 Å². The highest BCUT2D eigenvalue weighted by Crippen LogP contribution is 2.28. The van der Waals surface area contributed by atoms with E-state index in [4.69, 9.17) is 5.73 Å². The minimum atomic E-state index is -0.621. The van der Waals surface area contributed by atoms with Gasteiger partial charge in [0.15, 0.2) is 5.78 Å². The maximum atomic E-state index is 12.5. The van der Waals surface area contributed by atoms with Gasteiger partial charge in [-0.15, -0.1) is 0 Å². The summed E-state index contributed by atoms with van der Waals surface area (Å²) < 4.78 is 0.991. The summed E-state index contributed by atoms with van der Waals surface area (Å²) in [5, 5.41) is 0. The summed E-state index contributed by atoms with van der Waals surface area (Å²) in [6.07, 6.45) is 1.50. The number of nitrogens with two attached hydrogens (primary N) is 1. The molecule has 0 spiro atoms. The molecule has 0 saturated heterocycles. The number of hydrogen-bond acceptors (Lipinski definition) is 3. The first-order valence-electron chi connectivity index (χ1n) is 5.93. The van der Waals surface area contributed by atoms with E-state index in [9.17, 15) is 4.79 Å². The fourth-order valence-corrected chi connectivity index (χ4v) is 2.12. The van der Waals surface area contributed by atoms with E-state index in [1.807, 2.05) is 38.1 Å². The van der Waals surface area contributed by atoms with Crippen LogP contribution in [0, 0.1) is 0 Å². The van der Waals surface area contributed by atoms with Crippen LogP contribution in [0.15, 0.2) is 47.1 Å². The molecule has 4 heteroatoms. The van der Waals surface area contributed by atoms with Gasteiger partial charge in [0.1, 0.15) is 5.69 Å². The molecule has 0 fully saturated rings. The molecule has 2 aromatic rings. The van der Waals surface area contributed by atoms with E-state index >= 15 is 0 Å². The number of Topliss-reactive ketones (excluding diaryl/α,β-unsaturated/α-hetero) is 1. The number of carbonyl (C=O) groups excluding carboxylic acids is 1. The van der Waals surface area contributed by atoms with Gasteiger partial charge in [0.05, 0.1) is 17.3 Å². The van der Waals surface area contributed by atoms with Crippen molar-refractivity contribution in [2.24, 2.45) is 0 Å². The Morgan fingerprint density at radius 2 is 1.79 bits per heavy atom. The Kier molecular flexibility index (Phi) is 3.71. The summed E-state index contributed by atoms with van der Waals surface area (Å²) in [6, 6.07) is 11.1. The van der Waals surface area contributed by atoms with Crippen LogP contribution in [0.2, 0.25) is 0 Å². The number of ketones is 1. The molecule has 0 amide bonds. The van der Waals surface area contributed by atoms with Crippen molar-refractivity contribution in [3.05, 3.63) is 58.3 Å². The Bertz CT molecular complexity index is 589. The molecule has 2 rings (SSSR count). The molecular formula is C15H15BrN2O. The van der Waals surface area contributed by atoms with Crippen LogP contribution in [0.25, 0.3) is 0 Å². The van der Waals surface area contributed by atoms with Gasteiger partial charge < -0.3 is 5.73 Å². The number of halogens is 1. The van der Waals surface area contributed by atoms with Crippen molar-refractivity contribution in [3.8, 4) is 0 Å². The summed E-state index contributed by atoms with van der Waals surface area (Å²) in [6.45, 7) is 3.80. The second-order valence-electron chi connectivity index (χ2n) is 4.94. The Labute approximate surface area is 121 Å². The summed E-state index contributed by atoms with van der Waals surface area (Å²) in [5.74, 6) is -0.0187. The molecule has 1 heterocycles. The Morgan fingerprint density at radius 1 is 1.16 bits per heavy atom. The zero-order valence-electron chi connectivity index (χ0n) is 10.9. The molecule has 0 aliphatic rings. The van der Waals surface area contributed by atoms with Gasteiger partial charge in [-0.2, -0.15) is 0 Å². The Morgan fingerprint density at radius 3 is 2.32 bits per heavy atom. The van der Waals surface area contributed by atoms with E-state index in [0.717, 1.165) is 10.0 Å². The highest BCUT2D eigenvalue weighted by atomic mass is 79.9. The van der Waals surface area contributed by atoms with E-state index in [1.165, 1.54) is 6.20 Å². The monoisotopic (exact) mass is 318 g/mol. The minimum Gasteiger partial charge on any atom is -0.397 e. The van der Waals surface area contributed by atoms with Gasteiger partial charge in [-0.3, -0.25) is 9.78 Å². The molecule has 19 heavy (non-hydrogen) atoms. The Hall–Kier alpha value is -1.68. The topological polar surface area (TPSA) is 56.0 Å². The number of rotatable bonds is 3. The molecule has 0 atom stereocenters. The molecule has 0 unspecified atom stereocenters. The molecule has 2 N–H and O–H groups in total. The van der Waals surface area contributed by atoms with Gasteiger partial charge >= 0.3 is 0 Å². The second kappa shape index (κ2) is 5.13. The van der Waals surface area contributed by atoms with Crippen LogP contribution >= 0.6 is 15.9 Å². The normalized spacial score (nSPS) is 11.3. The van der Waals surface area contributed by atoms with Crippen molar-refractivity contribution in [1.29, 1.82) is 0 Å². The highest BCUT2D eigenvalue weighted by Gasteiger charge is 2.31. The fourth-order valence-electron chi connectivity index (χ4n) is 1.86. The minimum absolute atomic E-state index is 0.0187. The smallest absolute Gasteiger partial charge is 0.191 e. The Balaban J connectivity index is 2.35. The molecule has 0 aliphatic heterocycles. The number of benzene rings is 1. The number of nitrogen functional groups attached to an aromatic ring is 1. The van der Waals surface area contributed by atoms with Gasteiger partial charge in [0.2, 0.25) is 0 Å². The lowest BCUT2D eigenvalue weighted by molar-refractivity contribution is 0.0903. The molecular weight excluding hydrogens is 304 g/mol. The summed E-state index contributed by atoms with van der Waals surface area (Å²) in [4.78, 5) is 16.7. The molecule has 0 bridgehead atoms. The summed E-state index contributed by atoms with van der Waals surface area (Å²) in [7, 11) is 0. The first-order chi connectivity index (χ1) is 8.91. The van der Waals surface area contributed by atoms with Gasteiger partial charge in [0.25, 0.3) is 0 Å². The van der Waals surface area contributed by atoms with E-state index in [1.54, 1.807) is 12.1 Å². The van der Waals surface area contributed by atoms with Crippen molar-refractivity contribution in [2.75, 3.05) is 5.73 Å². The third kappa shape index (κ3) is 2.84. The van der Waals surface area contributed by atoms with Gasteiger partial charge in [-0.05, 0) is 43.7 Å². The van der Waals surface area contributed by atoms with E-state index in [2.05, 4.69) is 20.9 Å². The van der Waals surface area contributed by atoms with Crippen molar-refractivity contribution in [3.63, 3.8) is 0 Å². The number of hydrogen-bond donors (Lipinski definition) is 1. The van der Waals surface area contributed by atoms with Crippen molar-refractivity contribution in [1.82, 2.24) is 4.98 Å². The van der Waals surface area contributed by atoms with E-state index in [-0.39, 0.29) is 5.78 Å². The number of carbonyl (C=O) groups is 1. The lowest BCUT2D eigenvalue weighted by Gasteiger charge is -2.23. The predicted octanol–water partition coefficient (Wildman–Crippen LogP) is 3.59. The summed E-state index contributed by atoms with van der Waals surface area (Å²) in [5.41, 5.74) is 6.91. The third-order valence-corrected chi connectivity index (χ3v) is 3.68. The molecule has 0 radical (unpaired) electrons. The van der Waals surface area contributed by atoms with Crippen LogP contribution in [0.1, 0.15) is 29.9 Å². The SMILES string of the molecule is CC(C)(C(=O)c1ccc(N)cn1)c1ccc(Br)cc1. The molecule has 1 aromatic heterocycles. The standard InChI is InChI=1S/C15H15BrN2O/c1-15(2,10-3-5-11(16)6-4-10)14(19)13-8-7-12(17)9-18-13/h3-9H,17H2,1-2H3. The first-order valence-corrected chi connectivity index (χ1v) is 6.73. The number of pyridine rings is 1. The van der Waals surface area contributed by atoms with E-state index in [0.29, 0.717) is 11.4 Å². The summed E-state index contributed by atoms with van der Waals surface area (Å²) >= 11 is 3.39. The predicted molar refractivity (Wildman–Crippen MR) is 80.1 cm³/mol. The quantitative estimate of drug-likeness (QED) is 0.880. The van der Waals surface area contributed by atoms with Gasteiger partial charge in [-0.1, -0.05) is 28.1 Å². The lowest BCUT2D eigenvalue weighted by atomic mass is 9.79. The van der Waals surface area contributed by atoms with Crippen LogP contribution in [0.4, 0.5) is 5.69 Å². The zero-order chi connectivity index (χ0) is 14.0. The third-order valence-electron chi connectivity index (χ3n) is 3.15. The molecule has 1 aromatic carbocycles. The highest BCUT2D eigenvalue weighted by molar-refractivity contribution is 9.10. The van der Waals surface area contributed by atoms with Crippen LogP contribution in [-0.4, -0.2) is 10.8 Å². The number of anilines is 1. The fraction of sp³-hybridized carbons (Fsp3) is 0.200. The number of nitrogens with zero attached hydrogens (tertiary/aromatic N) is 1. The van der Waals surface area contributed by atoms with Crippen LogP contribution < -0.4 is 5.73 Å². The van der Waals surface area contributed by atoms with Crippen LogP contribution in [0.3, 0.4) is 0 Å². The second-order valence-corrected chi connectivity index (χ2v) is 5.85. The molecule has 3 nitrogen and oxygen atoms in total. The average Bonchev–Trinajstić information content (AvgIpc) is 2.39. The van der Waals surface area contributed by atoms with Crippen molar-refractivity contribution in [2.45, 2.75) is 19.3 Å². The van der Waals surface area contributed by atoms with Crippen molar-refractivity contribution >= 4 is 27.4 Å². The van der Waals surface area contributed by atoms with E-state index < -0.39 is 5.41 Å². The average molecular weight is 319 g/mol. The van der Waals surface area contributed by atoms with Crippen molar-refractivity contribution < 1.29 is 4.79 Å². The molecule has 0 saturated carbocycles. The van der Waals surface area contributed by atoms with Gasteiger partial charge in [-0.25, -0.2) is 0 Å². The maximum absolute atomic E-state index is 12.5. The zero-order valence-corrected chi connectivity index (χ0v) is 12.4. The van der Waals surface area contributed by atoms with Crippen LogP contribution in [0.5, 0.6) is 0 Å².